The number of nitrogens with one attached hydrogen (secondary N) is 1. The van der Waals surface area contributed by atoms with Crippen LogP contribution in [0.3, 0.4) is 0 Å². The summed E-state index contributed by atoms with van der Waals surface area (Å²) in [6.07, 6.45) is 3.23. The van der Waals surface area contributed by atoms with Crippen molar-refractivity contribution < 1.29 is 0 Å². The van der Waals surface area contributed by atoms with Crippen LogP contribution < -0.4 is 5.32 Å². The van der Waals surface area contributed by atoms with Crippen molar-refractivity contribution in [3.05, 3.63) is 47.7 Å². The molecule has 1 N–H and O–H groups in total. The van der Waals surface area contributed by atoms with Crippen molar-refractivity contribution >= 4 is 6.72 Å². The molecule has 2 unspecified atom stereocenters. The van der Waals surface area contributed by atoms with Crippen molar-refractivity contribution in [2.45, 2.75) is 6.42 Å². The van der Waals surface area contributed by atoms with Gasteiger partial charge in [-0.3, -0.25) is 9.91 Å². The molecule has 2 fully saturated rings. The van der Waals surface area contributed by atoms with Crippen molar-refractivity contribution in [3.8, 4) is 0 Å². The number of nitrogens with zero attached hydrogens (tertiary/aromatic N) is 3. The summed E-state index contributed by atoms with van der Waals surface area (Å²) in [4.78, 5) is 2.56. The summed E-state index contributed by atoms with van der Waals surface area (Å²) in [5, 5.41) is 9.50. The van der Waals surface area contributed by atoms with E-state index in [0.29, 0.717) is 0 Å². The Labute approximate surface area is 133 Å². The zero-order valence-corrected chi connectivity index (χ0v) is 13.4. The summed E-state index contributed by atoms with van der Waals surface area (Å²) < 4.78 is 0. The first-order chi connectivity index (χ1) is 10.8. The van der Waals surface area contributed by atoms with Gasteiger partial charge in [0.15, 0.2) is 0 Å². The molecular formula is C18H26N4. The third-order valence-corrected chi connectivity index (χ3v) is 4.89. The molecule has 118 valence electrons. The van der Waals surface area contributed by atoms with E-state index in [0.717, 1.165) is 24.8 Å². The minimum absolute atomic E-state index is 0.831. The van der Waals surface area contributed by atoms with E-state index >= 15 is 0 Å². The SMILES string of the molecule is C=NN(C)/C(=C\Cc1ccccc1)CN1CC2CNCC2C1. The topological polar surface area (TPSA) is 30.9 Å². The van der Waals surface area contributed by atoms with E-state index in [1.54, 1.807) is 0 Å². The Hall–Kier alpha value is -1.65. The second-order valence-electron chi connectivity index (χ2n) is 6.42. The maximum absolute atomic E-state index is 4.09. The van der Waals surface area contributed by atoms with Gasteiger partial charge in [0.1, 0.15) is 0 Å². The van der Waals surface area contributed by atoms with Crippen LogP contribution in [0.4, 0.5) is 0 Å². The predicted molar refractivity (Wildman–Crippen MR) is 91.8 cm³/mol. The number of likely N-dealkylation sites (tertiary alicyclic amines) is 1. The number of hydrogen-bond acceptors (Lipinski definition) is 4. The van der Waals surface area contributed by atoms with Gasteiger partial charge in [-0.2, -0.15) is 5.10 Å². The Kier molecular flexibility index (Phi) is 4.90. The van der Waals surface area contributed by atoms with Crippen LogP contribution in [0.2, 0.25) is 0 Å². The van der Waals surface area contributed by atoms with E-state index in [-0.39, 0.29) is 0 Å². The van der Waals surface area contributed by atoms with Gasteiger partial charge in [0, 0.05) is 39.1 Å². The van der Waals surface area contributed by atoms with Crippen molar-refractivity contribution in [2.24, 2.45) is 16.9 Å². The van der Waals surface area contributed by atoms with Gasteiger partial charge in [-0.1, -0.05) is 36.4 Å². The highest BCUT2D eigenvalue weighted by atomic mass is 15.4. The van der Waals surface area contributed by atoms with Crippen molar-refractivity contribution in [1.29, 1.82) is 0 Å². The lowest BCUT2D eigenvalue weighted by Gasteiger charge is -2.23. The standard InChI is InChI=1S/C18H26N4/c1-19-21(2)18(9-8-15-6-4-3-5-7-15)14-22-12-16-10-20-11-17(16)13-22/h3-7,9,16-17,20H,1,8,10-14H2,2H3/b18-9-. The molecule has 2 atom stereocenters. The number of hydrazone groups is 1. The maximum atomic E-state index is 4.09. The summed E-state index contributed by atoms with van der Waals surface area (Å²) in [5.41, 5.74) is 2.58. The van der Waals surface area contributed by atoms with Crippen LogP contribution in [-0.4, -0.2) is 56.4 Å². The quantitative estimate of drug-likeness (QED) is 0.642. The molecule has 2 aliphatic heterocycles. The molecule has 0 radical (unpaired) electrons. The fraction of sp³-hybridized carbons (Fsp3) is 0.500. The van der Waals surface area contributed by atoms with E-state index in [2.05, 4.69) is 58.4 Å². The van der Waals surface area contributed by atoms with Crippen LogP contribution in [0.5, 0.6) is 0 Å². The summed E-state index contributed by atoms with van der Waals surface area (Å²) in [5.74, 6) is 1.66. The summed E-state index contributed by atoms with van der Waals surface area (Å²) in [7, 11) is 1.99. The molecule has 0 saturated carbocycles. The lowest BCUT2D eigenvalue weighted by atomic mass is 10.0. The van der Waals surface area contributed by atoms with Gasteiger partial charge in [-0.25, -0.2) is 0 Å². The Balaban J connectivity index is 1.63. The predicted octanol–water partition coefficient (Wildman–Crippen LogP) is 1.81. The Morgan fingerprint density at radius 1 is 1.32 bits per heavy atom. The van der Waals surface area contributed by atoms with Crippen LogP contribution in [0.25, 0.3) is 0 Å². The second kappa shape index (κ2) is 7.07. The molecule has 1 aromatic carbocycles. The average molecular weight is 298 g/mol. The Morgan fingerprint density at radius 2 is 2.00 bits per heavy atom. The van der Waals surface area contributed by atoms with Crippen LogP contribution in [0, 0.1) is 11.8 Å². The zero-order chi connectivity index (χ0) is 15.4. The molecule has 0 aromatic heterocycles. The van der Waals surface area contributed by atoms with E-state index < -0.39 is 0 Å². The third kappa shape index (κ3) is 3.57. The molecule has 0 amide bonds. The first-order valence-electron chi connectivity index (χ1n) is 8.12. The highest BCUT2D eigenvalue weighted by Gasteiger charge is 2.36. The highest BCUT2D eigenvalue weighted by Crippen LogP contribution is 2.27. The lowest BCUT2D eigenvalue weighted by Crippen LogP contribution is -2.31. The van der Waals surface area contributed by atoms with Crippen LogP contribution >= 0.6 is 0 Å². The smallest absolute Gasteiger partial charge is 0.0468 e. The van der Waals surface area contributed by atoms with Gasteiger partial charge in [-0.05, 0) is 36.9 Å². The van der Waals surface area contributed by atoms with Gasteiger partial charge < -0.3 is 5.32 Å². The van der Waals surface area contributed by atoms with E-state index in [1.165, 1.54) is 37.4 Å². The fourth-order valence-electron chi connectivity index (χ4n) is 3.55. The summed E-state index contributed by atoms with van der Waals surface area (Å²) in [6.45, 7) is 9.40. The highest BCUT2D eigenvalue weighted by molar-refractivity contribution is 5.24. The minimum Gasteiger partial charge on any atom is -0.316 e. The second-order valence-corrected chi connectivity index (χ2v) is 6.42. The number of allylic oxidation sites excluding steroid dienone is 1. The van der Waals surface area contributed by atoms with Gasteiger partial charge in [0.05, 0.1) is 0 Å². The van der Waals surface area contributed by atoms with Gasteiger partial charge in [-0.15, -0.1) is 0 Å². The van der Waals surface area contributed by atoms with E-state index in [1.807, 2.05) is 12.1 Å². The van der Waals surface area contributed by atoms with E-state index in [9.17, 15) is 0 Å². The molecule has 3 rings (SSSR count). The fourth-order valence-corrected chi connectivity index (χ4v) is 3.55. The van der Waals surface area contributed by atoms with Crippen LogP contribution in [0.1, 0.15) is 5.56 Å². The molecule has 0 bridgehead atoms. The molecule has 4 heteroatoms. The first-order valence-corrected chi connectivity index (χ1v) is 8.12. The van der Waals surface area contributed by atoms with Gasteiger partial charge >= 0.3 is 0 Å². The van der Waals surface area contributed by atoms with Crippen molar-refractivity contribution in [2.75, 3.05) is 39.8 Å². The number of fused-ring (bicyclic) bond motifs is 1. The first kappa shape index (κ1) is 15.3. The average Bonchev–Trinajstić information content (AvgIpc) is 3.13. The molecule has 22 heavy (non-hydrogen) atoms. The zero-order valence-electron chi connectivity index (χ0n) is 13.4. The molecule has 0 spiro atoms. The summed E-state index contributed by atoms with van der Waals surface area (Å²) in [6, 6.07) is 10.6. The van der Waals surface area contributed by atoms with Crippen LogP contribution in [-0.2, 0) is 6.42 Å². The Morgan fingerprint density at radius 3 is 2.64 bits per heavy atom. The van der Waals surface area contributed by atoms with Crippen molar-refractivity contribution in [1.82, 2.24) is 15.2 Å². The molecule has 1 aromatic rings. The molecule has 0 aliphatic carbocycles. The third-order valence-electron chi connectivity index (χ3n) is 4.89. The van der Waals surface area contributed by atoms with Gasteiger partial charge in [0.2, 0.25) is 0 Å². The molecule has 2 aliphatic rings. The van der Waals surface area contributed by atoms with E-state index in [4.69, 9.17) is 0 Å². The molecular weight excluding hydrogens is 272 g/mol. The molecule has 4 nitrogen and oxygen atoms in total. The number of rotatable bonds is 6. The van der Waals surface area contributed by atoms with Crippen LogP contribution in [0.15, 0.2) is 47.2 Å². The normalized spacial score (nSPS) is 25.2. The monoisotopic (exact) mass is 298 g/mol. The maximum Gasteiger partial charge on any atom is 0.0468 e. The lowest BCUT2D eigenvalue weighted by molar-refractivity contribution is 0.298. The summed E-state index contributed by atoms with van der Waals surface area (Å²) >= 11 is 0. The largest absolute Gasteiger partial charge is 0.316 e. The van der Waals surface area contributed by atoms with Gasteiger partial charge in [0.25, 0.3) is 0 Å². The Bertz CT molecular complexity index is 513. The number of likely N-dealkylation sites (N-methyl/N-ethyl adjacent to an activating group) is 1. The molecule has 2 heterocycles. The molecule has 2 saturated heterocycles. The number of benzene rings is 1. The minimum atomic E-state index is 0.831. The van der Waals surface area contributed by atoms with Crippen molar-refractivity contribution in [3.63, 3.8) is 0 Å². The number of hydrogen-bond donors (Lipinski definition) is 1.